The number of imidazole rings is 1. The third-order valence-corrected chi connectivity index (χ3v) is 4.81. The summed E-state index contributed by atoms with van der Waals surface area (Å²) in [4.78, 5) is 17.5. The first-order valence-corrected chi connectivity index (χ1v) is 8.93. The molecular formula is C18H17BrClN3O2. The van der Waals surface area contributed by atoms with E-state index in [-0.39, 0.29) is 5.91 Å². The molecule has 3 aromatic rings. The summed E-state index contributed by atoms with van der Waals surface area (Å²) in [5.41, 5.74) is 3.40. The summed E-state index contributed by atoms with van der Waals surface area (Å²) >= 11 is 9.57. The van der Waals surface area contributed by atoms with Crippen LogP contribution in [0.25, 0.3) is 5.65 Å². The average Bonchev–Trinajstić information content (AvgIpc) is 2.95. The zero-order valence-corrected chi connectivity index (χ0v) is 16.4. The van der Waals surface area contributed by atoms with E-state index < -0.39 is 0 Å². The van der Waals surface area contributed by atoms with E-state index in [0.29, 0.717) is 28.6 Å². The summed E-state index contributed by atoms with van der Waals surface area (Å²) in [5.74, 6) is 0.263. The first-order chi connectivity index (χ1) is 11.9. The van der Waals surface area contributed by atoms with Crippen LogP contribution in [-0.4, -0.2) is 22.4 Å². The molecule has 0 saturated carbocycles. The number of rotatable bonds is 4. The fourth-order valence-corrected chi connectivity index (χ4v) is 3.16. The van der Waals surface area contributed by atoms with Gasteiger partial charge in [0.2, 0.25) is 0 Å². The van der Waals surface area contributed by atoms with E-state index in [4.69, 9.17) is 16.3 Å². The molecule has 2 aromatic heterocycles. The Morgan fingerprint density at radius 2 is 2.16 bits per heavy atom. The lowest BCUT2D eigenvalue weighted by molar-refractivity contribution is 0.102. The summed E-state index contributed by atoms with van der Waals surface area (Å²) in [7, 11) is 1.54. The van der Waals surface area contributed by atoms with Crippen LogP contribution in [0.4, 0.5) is 5.69 Å². The maximum atomic E-state index is 13.0. The van der Waals surface area contributed by atoms with Gasteiger partial charge in [0.05, 0.1) is 18.5 Å². The van der Waals surface area contributed by atoms with Crippen LogP contribution in [0.15, 0.2) is 34.9 Å². The first kappa shape index (κ1) is 17.8. The highest BCUT2D eigenvalue weighted by Gasteiger charge is 2.20. The van der Waals surface area contributed by atoms with Crippen molar-refractivity contribution >= 4 is 44.8 Å². The first-order valence-electron chi connectivity index (χ1n) is 7.76. The minimum absolute atomic E-state index is 0.248. The Balaban J connectivity index is 2.06. The maximum absolute atomic E-state index is 13.0. The molecule has 5 nitrogen and oxygen atoms in total. The predicted molar refractivity (Wildman–Crippen MR) is 103 cm³/mol. The van der Waals surface area contributed by atoms with E-state index in [1.807, 2.05) is 32.2 Å². The number of carbonyl (C=O) groups is 1. The number of fused-ring (bicyclic) bond motifs is 1. The van der Waals surface area contributed by atoms with Crippen molar-refractivity contribution in [1.29, 1.82) is 0 Å². The van der Waals surface area contributed by atoms with Gasteiger partial charge in [0.1, 0.15) is 17.1 Å². The molecule has 0 aliphatic heterocycles. The van der Waals surface area contributed by atoms with Crippen molar-refractivity contribution in [2.45, 2.75) is 20.3 Å². The van der Waals surface area contributed by atoms with Crippen molar-refractivity contribution in [2.24, 2.45) is 0 Å². The number of carbonyl (C=O) groups excluding carboxylic acids is 1. The number of pyridine rings is 1. The van der Waals surface area contributed by atoms with E-state index >= 15 is 0 Å². The molecule has 0 atom stereocenters. The molecule has 0 aliphatic carbocycles. The zero-order chi connectivity index (χ0) is 18.1. The van der Waals surface area contributed by atoms with Crippen molar-refractivity contribution in [1.82, 2.24) is 9.38 Å². The third-order valence-electron chi connectivity index (χ3n) is 3.93. The van der Waals surface area contributed by atoms with Crippen LogP contribution in [-0.2, 0) is 6.42 Å². The Hall–Kier alpha value is -2.05. The number of aryl methyl sites for hydroxylation is 2. The van der Waals surface area contributed by atoms with E-state index in [1.165, 1.54) is 0 Å². The topological polar surface area (TPSA) is 55.6 Å². The molecule has 2 heterocycles. The van der Waals surface area contributed by atoms with Gasteiger partial charge < -0.3 is 10.1 Å². The van der Waals surface area contributed by atoms with E-state index in [2.05, 4.69) is 26.2 Å². The molecule has 0 bridgehead atoms. The second kappa shape index (κ2) is 7.06. The Morgan fingerprint density at radius 3 is 2.84 bits per heavy atom. The van der Waals surface area contributed by atoms with Gasteiger partial charge in [0.25, 0.3) is 5.91 Å². The van der Waals surface area contributed by atoms with E-state index in [1.54, 1.807) is 23.6 Å². The minimum atomic E-state index is -0.248. The summed E-state index contributed by atoms with van der Waals surface area (Å²) < 4.78 is 7.99. The minimum Gasteiger partial charge on any atom is -0.495 e. The second-order valence-corrected chi connectivity index (χ2v) is 6.91. The van der Waals surface area contributed by atoms with Gasteiger partial charge in [-0.2, -0.15) is 0 Å². The van der Waals surface area contributed by atoms with Gasteiger partial charge in [-0.3, -0.25) is 9.20 Å². The molecule has 1 N–H and O–H groups in total. The lowest BCUT2D eigenvalue weighted by Crippen LogP contribution is -2.17. The maximum Gasteiger partial charge on any atom is 0.274 e. The molecule has 0 saturated heterocycles. The van der Waals surface area contributed by atoms with Crippen LogP contribution in [0.2, 0.25) is 5.02 Å². The van der Waals surface area contributed by atoms with Gasteiger partial charge in [0, 0.05) is 21.8 Å². The van der Waals surface area contributed by atoms with Crippen LogP contribution in [0.1, 0.15) is 28.7 Å². The van der Waals surface area contributed by atoms with E-state index in [0.717, 1.165) is 21.4 Å². The van der Waals surface area contributed by atoms with Crippen LogP contribution >= 0.6 is 27.5 Å². The molecule has 0 aliphatic rings. The second-order valence-electron chi connectivity index (χ2n) is 5.59. The van der Waals surface area contributed by atoms with Gasteiger partial charge in [-0.05, 0) is 53.0 Å². The summed E-state index contributed by atoms with van der Waals surface area (Å²) in [5, 5.41) is 3.51. The molecule has 0 unspecified atom stereocenters. The molecule has 25 heavy (non-hydrogen) atoms. The Bertz CT molecular complexity index is 969. The number of hydrogen-bond acceptors (Lipinski definition) is 3. The van der Waals surface area contributed by atoms with Crippen LogP contribution in [0.5, 0.6) is 5.75 Å². The molecule has 1 aromatic carbocycles. The zero-order valence-electron chi connectivity index (χ0n) is 14.1. The number of halogens is 2. The summed E-state index contributed by atoms with van der Waals surface area (Å²) in [6.45, 7) is 3.85. The molecule has 7 heteroatoms. The number of nitrogens with zero attached hydrogens (tertiary/aromatic N) is 2. The van der Waals surface area contributed by atoms with Gasteiger partial charge >= 0.3 is 0 Å². The molecule has 3 rings (SSSR count). The number of methoxy groups -OCH3 is 1. The Kier molecular flexibility index (Phi) is 5.01. The average molecular weight is 423 g/mol. The quantitative estimate of drug-likeness (QED) is 0.652. The fraction of sp³-hybridized carbons (Fsp3) is 0.222. The van der Waals surface area contributed by atoms with Crippen LogP contribution in [0, 0.1) is 6.92 Å². The fourth-order valence-electron chi connectivity index (χ4n) is 2.67. The molecule has 0 fully saturated rings. The summed E-state index contributed by atoms with van der Waals surface area (Å²) in [6, 6.07) is 7.25. The van der Waals surface area contributed by atoms with Crippen LogP contribution < -0.4 is 10.1 Å². The van der Waals surface area contributed by atoms with Gasteiger partial charge in [-0.15, -0.1) is 0 Å². The van der Waals surface area contributed by atoms with Gasteiger partial charge in [-0.25, -0.2) is 4.98 Å². The summed E-state index contributed by atoms with van der Waals surface area (Å²) in [6.07, 6.45) is 2.49. The number of hydrogen-bond donors (Lipinski definition) is 1. The van der Waals surface area contributed by atoms with Gasteiger partial charge in [0.15, 0.2) is 0 Å². The highest BCUT2D eigenvalue weighted by Crippen LogP contribution is 2.31. The van der Waals surface area contributed by atoms with Gasteiger partial charge in [-0.1, -0.05) is 18.5 Å². The number of benzene rings is 1. The van der Waals surface area contributed by atoms with Crippen LogP contribution in [0.3, 0.4) is 0 Å². The Morgan fingerprint density at radius 1 is 1.40 bits per heavy atom. The van der Waals surface area contributed by atoms with E-state index in [9.17, 15) is 4.79 Å². The van der Waals surface area contributed by atoms with Crippen molar-refractivity contribution in [3.8, 4) is 5.75 Å². The highest BCUT2D eigenvalue weighted by molar-refractivity contribution is 9.10. The van der Waals surface area contributed by atoms with Crippen molar-refractivity contribution in [3.05, 3.63) is 56.9 Å². The number of aromatic nitrogens is 2. The number of anilines is 1. The highest BCUT2D eigenvalue weighted by atomic mass is 79.9. The Labute approximate surface area is 159 Å². The standard InChI is InChI=1S/C18H17BrClN3O2/c1-4-13-17(23-9-11(19)5-6-16(23)21-13)18(24)22-14-7-10(2)12(20)8-15(14)25-3/h5-9H,4H2,1-3H3,(H,22,24). The molecule has 0 spiro atoms. The molecule has 130 valence electrons. The van der Waals surface area contributed by atoms with Crippen molar-refractivity contribution in [2.75, 3.05) is 12.4 Å². The molecular weight excluding hydrogens is 406 g/mol. The smallest absolute Gasteiger partial charge is 0.274 e. The SMILES string of the molecule is CCc1nc2ccc(Br)cn2c1C(=O)Nc1cc(C)c(Cl)cc1OC. The lowest BCUT2D eigenvalue weighted by atomic mass is 10.2. The normalized spacial score (nSPS) is 10.9. The number of amides is 1. The lowest BCUT2D eigenvalue weighted by Gasteiger charge is -2.13. The molecule has 1 amide bonds. The molecule has 0 radical (unpaired) electrons. The number of nitrogens with one attached hydrogen (secondary N) is 1. The monoisotopic (exact) mass is 421 g/mol. The number of ether oxygens (including phenoxy) is 1. The predicted octanol–water partition coefficient (Wildman–Crippen LogP) is 4.88. The third kappa shape index (κ3) is 3.37. The van der Waals surface area contributed by atoms with Crippen molar-refractivity contribution in [3.63, 3.8) is 0 Å². The largest absolute Gasteiger partial charge is 0.495 e. The van der Waals surface area contributed by atoms with Crippen molar-refractivity contribution < 1.29 is 9.53 Å².